The van der Waals surface area contributed by atoms with Gasteiger partial charge in [-0.05, 0) is 31.7 Å². The van der Waals surface area contributed by atoms with Gasteiger partial charge in [-0.3, -0.25) is 4.57 Å². The number of nitrogens with one attached hydrogen (secondary N) is 2. The first kappa shape index (κ1) is 15.7. The molecule has 0 saturated carbocycles. The third-order valence-electron chi connectivity index (χ3n) is 3.29. The van der Waals surface area contributed by atoms with Crippen molar-refractivity contribution < 1.29 is 4.74 Å². The predicted molar refractivity (Wildman–Crippen MR) is 84.0 cm³/mol. The molecule has 0 bridgehead atoms. The van der Waals surface area contributed by atoms with Crippen LogP contribution in [0.1, 0.15) is 18.5 Å². The molecule has 0 amide bonds. The molecule has 1 heterocycles. The topological polar surface area (TPSA) is 71.9 Å². The van der Waals surface area contributed by atoms with Crippen molar-refractivity contribution in [2.45, 2.75) is 24.7 Å². The van der Waals surface area contributed by atoms with Crippen LogP contribution in [0.2, 0.25) is 0 Å². The monoisotopic (exact) mass is 308 g/mol. The Balaban J connectivity index is 2.06. The van der Waals surface area contributed by atoms with Gasteiger partial charge in [0.2, 0.25) is 0 Å². The van der Waals surface area contributed by atoms with Crippen molar-refractivity contribution in [1.82, 2.24) is 20.1 Å². The van der Waals surface area contributed by atoms with Gasteiger partial charge in [-0.25, -0.2) is 9.89 Å². The van der Waals surface area contributed by atoms with Crippen LogP contribution in [-0.4, -0.2) is 34.7 Å². The Morgan fingerprint density at radius 1 is 1.43 bits per heavy atom. The van der Waals surface area contributed by atoms with Crippen molar-refractivity contribution in [3.05, 3.63) is 40.3 Å². The highest BCUT2D eigenvalue weighted by atomic mass is 32.2. The molecule has 2 aromatic rings. The summed E-state index contributed by atoms with van der Waals surface area (Å²) in [7, 11) is 3.58. The quantitative estimate of drug-likeness (QED) is 0.761. The van der Waals surface area contributed by atoms with Crippen molar-refractivity contribution in [1.29, 1.82) is 0 Å². The Kier molecular flexibility index (Phi) is 5.46. The molecule has 0 radical (unpaired) electrons. The van der Waals surface area contributed by atoms with Gasteiger partial charge in [-0.15, -0.1) is 5.10 Å². The molecule has 1 atom stereocenters. The number of aromatic nitrogens is 3. The van der Waals surface area contributed by atoms with Crippen LogP contribution in [-0.2, 0) is 6.54 Å². The molecule has 0 aliphatic carbocycles. The minimum absolute atomic E-state index is 0.162. The van der Waals surface area contributed by atoms with Gasteiger partial charge >= 0.3 is 5.69 Å². The lowest BCUT2D eigenvalue weighted by Crippen LogP contribution is -2.20. The highest BCUT2D eigenvalue weighted by Crippen LogP contribution is 2.24. The molecule has 6 nitrogen and oxygen atoms in total. The number of ether oxygens (including phenoxy) is 1. The number of aromatic amines is 1. The molecule has 1 aromatic heterocycles. The van der Waals surface area contributed by atoms with Crippen LogP contribution in [0, 0.1) is 0 Å². The molecule has 0 saturated heterocycles. The fourth-order valence-electron chi connectivity index (χ4n) is 2.03. The summed E-state index contributed by atoms with van der Waals surface area (Å²) in [5.41, 5.74) is 1.01. The van der Waals surface area contributed by atoms with Crippen LogP contribution in [0.3, 0.4) is 0 Å². The molecule has 7 heteroatoms. The van der Waals surface area contributed by atoms with E-state index in [-0.39, 0.29) is 11.7 Å². The molecule has 1 aromatic carbocycles. The number of rotatable bonds is 7. The number of benzene rings is 1. The smallest absolute Gasteiger partial charge is 0.343 e. The zero-order valence-electron chi connectivity index (χ0n) is 12.4. The maximum absolute atomic E-state index is 11.5. The molecule has 0 fully saturated rings. The summed E-state index contributed by atoms with van der Waals surface area (Å²) in [5.74, 6) is 1.63. The molecule has 0 aliphatic rings. The fourth-order valence-corrected chi connectivity index (χ4v) is 3.19. The normalized spacial score (nSPS) is 12.3. The second kappa shape index (κ2) is 7.33. The summed E-state index contributed by atoms with van der Waals surface area (Å²) < 4.78 is 6.80. The first-order chi connectivity index (χ1) is 10.2. The van der Waals surface area contributed by atoms with Gasteiger partial charge in [-0.2, -0.15) is 0 Å². The number of thioether (sulfide) groups is 1. The lowest BCUT2D eigenvalue weighted by atomic mass is 10.1. The van der Waals surface area contributed by atoms with Crippen molar-refractivity contribution in [2.24, 2.45) is 0 Å². The lowest BCUT2D eigenvalue weighted by molar-refractivity contribution is 0.414. The van der Waals surface area contributed by atoms with Gasteiger partial charge < -0.3 is 10.1 Å². The maximum atomic E-state index is 11.5. The number of hydrogen-bond acceptors (Lipinski definition) is 5. The molecule has 1 unspecified atom stereocenters. The van der Waals surface area contributed by atoms with Gasteiger partial charge in [0.15, 0.2) is 5.16 Å². The molecule has 0 aliphatic heterocycles. The molecular weight excluding hydrogens is 288 g/mol. The Morgan fingerprint density at radius 2 is 2.14 bits per heavy atom. The van der Waals surface area contributed by atoms with Gasteiger partial charge in [0.05, 0.1) is 7.11 Å². The second-order valence-electron chi connectivity index (χ2n) is 4.48. The van der Waals surface area contributed by atoms with Crippen molar-refractivity contribution in [3.63, 3.8) is 0 Å². The van der Waals surface area contributed by atoms with E-state index < -0.39 is 0 Å². The van der Waals surface area contributed by atoms with Crippen LogP contribution in [0.25, 0.3) is 0 Å². The summed E-state index contributed by atoms with van der Waals surface area (Å²) in [6.07, 6.45) is 0. The Labute approximate surface area is 127 Å². The highest BCUT2D eigenvalue weighted by molar-refractivity contribution is 7.99. The van der Waals surface area contributed by atoms with Crippen LogP contribution >= 0.6 is 11.8 Å². The molecular formula is C14H20N4O2S. The number of nitrogens with zero attached hydrogens (tertiary/aromatic N) is 2. The van der Waals surface area contributed by atoms with Gasteiger partial charge in [0, 0.05) is 18.3 Å². The fraction of sp³-hybridized carbons (Fsp3) is 0.429. The van der Waals surface area contributed by atoms with E-state index in [4.69, 9.17) is 4.74 Å². The van der Waals surface area contributed by atoms with E-state index in [1.165, 1.54) is 5.56 Å². The van der Waals surface area contributed by atoms with Gasteiger partial charge in [0.1, 0.15) is 5.75 Å². The lowest BCUT2D eigenvalue weighted by Gasteiger charge is -2.16. The molecule has 2 N–H and O–H groups in total. The average Bonchev–Trinajstić information content (AvgIpc) is 2.88. The van der Waals surface area contributed by atoms with Crippen LogP contribution in [0.4, 0.5) is 0 Å². The summed E-state index contributed by atoms with van der Waals surface area (Å²) in [5, 5.41) is 10.5. The van der Waals surface area contributed by atoms with Crippen LogP contribution in [0.5, 0.6) is 5.75 Å². The second-order valence-corrected chi connectivity index (χ2v) is 5.47. The zero-order valence-corrected chi connectivity index (χ0v) is 13.2. The van der Waals surface area contributed by atoms with Crippen molar-refractivity contribution in [3.8, 4) is 5.75 Å². The van der Waals surface area contributed by atoms with E-state index in [0.717, 1.165) is 16.7 Å². The third-order valence-corrected chi connectivity index (χ3v) is 4.36. The Morgan fingerprint density at radius 3 is 2.71 bits per heavy atom. The number of hydrogen-bond donors (Lipinski definition) is 2. The first-order valence-corrected chi connectivity index (χ1v) is 7.77. The number of methoxy groups -OCH3 is 1. The van der Waals surface area contributed by atoms with E-state index in [1.54, 1.807) is 23.4 Å². The molecule has 21 heavy (non-hydrogen) atoms. The SMILES string of the molecule is CCn1c(SCC(NC)c2ccc(OC)cc2)n[nH]c1=O. The van der Waals surface area contributed by atoms with Gasteiger partial charge in [-0.1, -0.05) is 23.9 Å². The van der Waals surface area contributed by atoms with E-state index in [2.05, 4.69) is 15.5 Å². The molecule has 0 spiro atoms. The number of H-pyrrole nitrogens is 1. The standard InChI is InChI=1S/C14H20N4O2S/c1-4-18-13(19)16-17-14(18)21-9-12(15-2)10-5-7-11(20-3)8-6-10/h5-8,12,15H,4,9H2,1-3H3,(H,16,19). The predicted octanol–water partition coefficient (Wildman–Crippen LogP) is 1.65. The maximum Gasteiger partial charge on any atom is 0.343 e. The minimum Gasteiger partial charge on any atom is -0.497 e. The summed E-state index contributed by atoms with van der Waals surface area (Å²) >= 11 is 1.56. The van der Waals surface area contributed by atoms with Gasteiger partial charge in [0.25, 0.3) is 0 Å². The highest BCUT2D eigenvalue weighted by Gasteiger charge is 2.13. The first-order valence-electron chi connectivity index (χ1n) is 6.78. The van der Waals surface area contributed by atoms with Crippen LogP contribution in [0.15, 0.2) is 34.2 Å². The molecule has 114 valence electrons. The van der Waals surface area contributed by atoms with E-state index in [1.807, 2.05) is 38.2 Å². The third kappa shape index (κ3) is 3.68. The van der Waals surface area contributed by atoms with Crippen molar-refractivity contribution >= 4 is 11.8 Å². The van der Waals surface area contributed by atoms with E-state index >= 15 is 0 Å². The average molecular weight is 308 g/mol. The Bertz CT molecular complexity index is 621. The van der Waals surface area contributed by atoms with E-state index in [9.17, 15) is 4.79 Å². The minimum atomic E-state index is -0.162. The largest absolute Gasteiger partial charge is 0.497 e. The Hall–Kier alpha value is -1.73. The zero-order chi connectivity index (χ0) is 15.2. The summed E-state index contributed by atoms with van der Waals surface area (Å²) in [4.78, 5) is 11.5. The summed E-state index contributed by atoms with van der Waals surface area (Å²) in [6, 6.07) is 8.15. The molecule has 2 rings (SSSR count). The van der Waals surface area contributed by atoms with Crippen molar-refractivity contribution in [2.75, 3.05) is 19.9 Å². The summed E-state index contributed by atoms with van der Waals surface area (Å²) in [6.45, 7) is 2.55. The van der Waals surface area contributed by atoms with E-state index in [0.29, 0.717) is 6.54 Å². The van der Waals surface area contributed by atoms with Crippen LogP contribution < -0.4 is 15.7 Å².